The highest BCUT2D eigenvalue weighted by Gasteiger charge is 2.46. The van der Waals surface area contributed by atoms with Gasteiger partial charge in [-0.05, 0) is 113 Å². The number of carbonyl (C=O) groups is 6. The SMILES string of the molecule is COc1cnn([C@H](C(=O)N2C[C@H](O)C[C@H]2C(=O)C[C@@H](C)c2ccc(-c3scnc3C)cc2)C(C)C)c1.Cc1ncsc1-c1ccc([C@H](C)CC(=O)[C@@H]2C[C@@H](O)CN2C(=O)[C@H](C(C)C)n2cc(-c3cccnc3)cn2)cc1.Cc1ncsc1-c1ccc([C@H](C)CC(=O)[C@@H]2C[C@@H](O)CN2C(=O)[C@H](C(C)C)n2cc(-c3ccncc3)cn2)cc1. The molecule has 3 N–H and O–H groups in total. The normalized spacial score (nSPS) is 18.9. The Bertz CT molecular complexity index is 4910. The largest absolute Gasteiger partial charge is 0.493 e. The van der Waals surface area contributed by atoms with Crippen LogP contribution in [0, 0.1) is 38.5 Å². The third-order valence-electron chi connectivity index (χ3n) is 22.3. The molecule has 3 amide bonds. The molecule has 0 unspecified atom stereocenters. The molecule has 27 heteroatoms. The van der Waals surface area contributed by atoms with Gasteiger partial charge in [-0.2, -0.15) is 15.3 Å². The lowest BCUT2D eigenvalue weighted by Gasteiger charge is -2.30. The van der Waals surface area contributed by atoms with E-state index in [4.69, 9.17) is 4.74 Å². The number of aliphatic hydroxyl groups is 3. The van der Waals surface area contributed by atoms with Crippen molar-refractivity contribution in [3.63, 3.8) is 0 Å². The van der Waals surface area contributed by atoms with Gasteiger partial charge in [0, 0.05) is 112 Å². The van der Waals surface area contributed by atoms with E-state index in [1.807, 2.05) is 136 Å². The fourth-order valence-electron chi connectivity index (χ4n) is 15.9. The predicted molar refractivity (Wildman–Crippen MR) is 451 cm³/mol. The Morgan fingerprint density at radius 2 is 0.741 bits per heavy atom. The number of aryl methyl sites for hydroxylation is 3. The summed E-state index contributed by atoms with van der Waals surface area (Å²) in [5, 5.41) is 44.8. The Hall–Kier alpha value is -10.4. The number of carbonyl (C=O) groups excluding carboxylic acids is 6. The number of aliphatic hydroxyl groups excluding tert-OH is 3. The number of ketones is 3. The number of aromatic nitrogens is 11. The molecule has 11 heterocycles. The Balaban J connectivity index is 0.000000161. The molecule has 8 aromatic heterocycles. The van der Waals surface area contributed by atoms with Gasteiger partial charge in [-0.1, -0.05) is 141 Å². The predicted octanol–water partition coefficient (Wildman–Crippen LogP) is 14.8. The van der Waals surface area contributed by atoms with Gasteiger partial charge in [-0.3, -0.25) is 52.8 Å². The number of benzene rings is 3. The van der Waals surface area contributed by atoms with Crippen LogP contribution in [0.1, 0.15) is 170 Å². The number of Topliss-reactive ketones (excluding diaryl/α,β-unsaturated/α-hetero) is 3. The lowest BCUT2D eigenvalue weighted by atomic mass is 9.91. The number of rotatable bonds is 27. The summed E-state index contributed by atoms with van der Waals surface area (Å²) >= 11 is 4.84. The van der Waals surface area contributed by atoms with Gasteiger partial charge in [-0.25, -0.2) is 15.0 Å². The van der Waals surface area contributed by atoms with Crippen LogP contribution in [0.2, 0.25) is 0 Å². The number of amides is 3. The van der Waals surface area contributed by atoms with Gasteiger partial charge >= 0.3 is 0 Å². The Morgan fingerprint density at radius 1 is 0.405 bits per heavy atom. The van der Waals surface area contributed by atoms with Crippen molar-refractivity contribution in [1.29, 1.82) is 0 Å². The van der Waals surface area contributed by atoms with Crippen LogP contribution < -0.4 is 4.74 Å². The van der Waals surface area contributed by atoms with Crippen molar-refractivity contribution in [3.8, 4) is 59.3 Å². The summed E-state index contributed by atoms with van der Waals surface area (Å²) in [7, 11) is 1.55. The Morgan fingerprint density at radius 3 is 1.04 bits per heavy atom. The maximum atomic E-state index is 13.9. The summed E-state index contributed by atoms with van der Waals surface area (Å²) in [5.41, 5.74) is 18.7. The molecule has 3 saturated heterocycles. The molecule has 12 atom stereocenters. The minimum atomic E-state index is -0.730. The standard InChI is InChI=1S/2C31H35N5O3S.C27H34N4O4S/c1-19(2)29(36-16-25(15-34-36)23-9-11-32-12-10-23)31(39)35-17-26(37)14-27(35)28(38)13-20(3)22-5-7-24(8-6-22)30-21(4)33-18-40-30;1-19(2)29(36-16-25(15-34-36)24-6-5-11-32-14-24)31(39)35-17-26(37)13-27(35)28(38)12-20(3)22-7-9-23(10-8-22)30-21(4)33-18-40-30;1-16(2)25(31-14-22(35-5)12-29-31)27(34)30-13-21(32)11-23(30)24(33)10-17(3)19-6-8-20(9-7-19)26-18(4)28-15-36-26/h5-12,15-16,18-20,26-27,29,37H,13-14,17H2,1-4H3;5-11,14-16,18-20,26-27,29,37H,12-13,17H2,1-4H3;6-9,12,14-17,21,23,25,32H,10-11,13H2,1-5H3/t2*20-,26-,27+,29+;17-,21-,23+,25+/m111/s1. The number of thiazole rings is 3. The number of methoxy groups -OCH3 is 1. The minimum absolute atomic E-state index is 0.0138. The van der Waals surface area contributed by atoms with Crippen molar-refractivity contribution < 1.29 is 48.8 Å². The van der Waals surface area contributed by atoms with E-state index in [1.165, 1.54) is 0 Å². The number of hydrogen-bond donors (Lipinski definition) is 3. The average Bonchev–Trinajstić information content (AvgIpc) is 1.64. The van der Waals surface area contributed by atoms with Crippen molar-refractivity contribution in [1.82, 2.24) is 69.0 Å². The number of β-amino-alcohol motifs (C(OH)–C–C–N with tert-alkyl or cyclic N) is 3. The molecule has 14 rings (SSSR count). The van der Waals surface area contributed by atoms with E-state index < -0.39 is 54.6 Å². The van der Waals surface area contributed by atoms with E-state index in [1.54, 1.807) is 119 Å². The topological polar surface area (TPSA) is 300 Å². The highest BCUT2D eigenvalue weighted by atomic mass is 32.1. The maximum absolute atomic E-state index is 13.9. The lowest BCUT2D eigenvalue weighted by Crippen LogP contribution is -2.45. The first-order valence-corrected chi connectivity index (χ1v) is 42.3. The van der Waals surface area contributed by atoms with E-state index in [-0.39, 0.29) is 109 Å². The summed E-state index contributed by atoms with van der Waals surface area (Å²) in [6, 6.07) is 28.7. The van der Waals surface area contributed by atoms with Crippen LogP contribution >= 0.6 is 34.0 Å². The van der Waals surface area contributed by atoms with Crippen molar-refractivity contribution in [3.05, 3.63) is 209 Å². The van der Waals surface area contributed by atoms with Crippen LogP contribution in [-0.2, 0) is 28.8 Å². The number of likely N-dealkylation sites (tertiary alicyclic amines) is 3. The molecule has 0 aliphatic carbocycles. The fourth-order valence-corrected chi connectivity index (χ4v) is 18.4. The zero-order valence-electron chi connectivity index (χ0n) is 68.0. The molecule has 24 nitrogen and oxygen atoms in total. The van der Waals surface area contributed by atoms with Crippen LogP contribution in [0.3, 0.4) is 0 Å². The molecule has 3 aromatic carbocycles. The van der Waals surface area contributed by atoms with E-state index in [9.17, 15) is 44.1 Å². The molecule has 3 aliphatic rings. The molecule has 0 radical (unpaired) electrons. The maximum Gasteiger partial charge on any atom is 0.248 e. The van der Waals surface area contributed by atoms with Crippen molar-refractivity contribution in [2.24, 2.45) is 17.8 Å². The fraction of sp³-hybridized carbons (Fsp3) is 0.416. The van der Waals surface area contributed by atoms with Crippen molar-refractivity contribution in [2.45, 2.75) is 194 Å². The van der Waals surface area contributed by atoms with E-state index >= 15 is 0 Å². The van der Waals surface area contributed by atoms with Crippen molar-refractivity contribution >= 4 is 69.1 Å². The first-order chi connectivity index (χ1) is 55.6. The zero-order valence-corrected chi connectivity index (χ0v) is 70.4. The number of pyridine rings is 2. The molecule has 3 aliphatic heterocycles. The van der Waals surface area contributed by atoms with Gasteiger partial charge in [0.1, 0.15) is 18.1 Å². The molecule has 0 bridgehead atoms. The highest BCUT2D eigenvalue weighted by molar-refractivity contribution is 7.14. The number of ether oxygens (including phenoxy) is 1. The Kier molecular flexibility index (Phi) is 27.9. The summed E-state index contributed by atoms with van der Waals surface area (Å²) in [6.07, 6.45) is 16.8. The van der Waals surface area contributed by atoms with Gasteiger partial charge in [0.2, 0.25) is 17.7 Å². The van der Waals surface area contributed by atoms with Crippen LogP contribution in [0.5, 0.6) is 5.75 Å². The first kappa shape index (κ1) is 85.0. The third-order valence-corrected chi connectivity index (χ3v) is 25.3. The Labute approximate surface area is 689 Å². The summed E-state index contributed by atoms with van der Waals surface area (Å²) in [5.74, 6) is -0.358. The van der Waals surface area contributed by atoms with E-state index in [0.717, 1.165) is 87.3 Å². The van der Waals surface area contributed by atoms with E-state index in [2.05, 4.69) is 113 Å². The van der Waals surface area contributed by atoms with Gasteiger partial charge in [0.05, 0.1) is 117 Å². The molecule has 0 saturated carbocycles. The lowest BCUT2D eigenvalue weighted by molar-refractivity contribution is -0.142. The molecular formula is C89H104N14O10S3. The second kappa shape index (κ2) is 38.1. The molecule has 608 valence electrons. The third kappa shape index (κ3) is 19.8. The highest BCUT2D eigenvalue weighted by Crippen LogP contribution is 2.38. The van der Waals surface area contributed by atoms with Gasteiger partial charge < -0.3 is 34.8 Å². The summed E-state index contributed by atoms with van der Waals surface area (Å²) in [4.78, 5) is 111. The number of nitrogens with zero attached hydrogens (tertiary/aromatic N) is 14. The molecule has 3 fully saturated rings. The first-order valence-electron chi connectivity index (χ1n) is 39.7. The van der Waals surface area contributed by atoms with Gasteiger partial charge in [-0.15, -0.1) is 34.0 Å². The van der Waals surface area contributed by atoms with Crippen LogP contribution in [0.15, 0.2) is 176 Å². The monoisotopic (exact) mass is 1620 g/mol. The van der Waals surface area contributed by atoms with Gasteiger partial charge in [0.15, 0.2) is 23.1 Å². The summed E-state index contributed by atoms with van der Waals surface area (Å²) < 4.78 is 10.2. The van der Waals surface area contributed by atoms with Crippen molar-refractivity contribution in [2.75, 3.05) is 26.7 Å². The van der Waals surface area contributed by atoms with Crippen LogP contribution in [-0.4, -0.2) is 183 Å². The quantitative estimate of drug-likeness (QED) is 0.0431. The molecular weight excluding hydrogens is 1520 g/mol. The molecule has 0 spiro atoms. The summed E-state index contributed by atoms with van der Waals surface area (Å²) in [6.45, 7) is 24.3. The van der Waals surface area contributed by atoms with Crippen LogP contribution in [0.4, 0.5) is 0 Å². The smallest absolute Gasteiger partial charge is 0.248 e. The van der Waals surface area contributed by atoms with Gasteiger partial charge in [0.25, 0.3) is 0 Å². The minimum Gasteiger partial charge on any atom is -0.493 e. The zero-order chi connectivity index (χ0) is 82.8. The van der Waals surface area contributed by atoms with Crippen LogP contribution in [0.25, 0.3) is 53.6 Å². The second-order valence-electron chi connectivity index (χ2n) is 31.9. The average molecular weight is 1630 g/mol. The molecule has 116 heavy (non-hydrogen) atoms. The second-order valence-corrected chi connectivity index (χ2v) is 34.5. The van der Waals surface area contributed by atoms with E-state index in [0.29, 0.717) is 25.0 Å². The molecule has 11 aromatic rings. The number of hydrogen-bond acceptors (Lipinski definition) is 21.